The Hall–Kier alpha value is -4.18. The Kier molecular flexibility index (Phi) is 6.57. The van der Waals surface area contributed by atoms with Crippen LogP contribution >= 0.6 is 0 Å². The summed E-state index contributed by atoms with van der Waals surface area (Å²) >= 11 is 0. The maximum absolute atomic E-state index is 12.2. The lowest BCUT2D eigenvalue weighted by atomic mass is 10.1. The molecule has 0 saturated carbocycles. The number of benzene rings is 2. The Bertz CT molecular complexity index is 1560. The molecule has 13 nitrogen and oxygen atoms in total. The van der Waals surface area contributed by atoms with Crippen LogP contribution in [0.2, 0.25) is 0 Å². The van der Waals surface area contributed by atoms with Gasteiger partial charge in [-0.05, 0) is 39.8 Å². The lowest BCUT2D eigenvalue weighted by Crippen LogP contribution is -2.15. The number of rotatable bonds is 7. The van der Waals surface area contributed by atoms with Crippen molar-refractivity contribution in [2.45, 2.75) is 9.79 Å². The average Bonchev–Trinajstić information content (AvgIpc) is 2.84. The molecule has 0 aliphatic rings. The lowest BCUT2D eigenvalue weighted by Gasteiger charge is -2.22. The number of hydrogen-bond donors (Lipinski definition) is 2. The molecule has 0 saturated heterocycles. The van der Waals surface area contributed by atoms with E-state index in [9.17, 15) is 25.9 Å². The van der Waals surface area contributed by atoms with E-state index in [0.29, 0.717) is 0 Å². The Morgan fingerprint density at radius 2 is 1.23 bits per heavy atom. The van der Waals surface area contributed by atoms with Gasteiger partial charge in [0, 0.05) is 12.1 Å². The van der Waals surface area contributed by atoms with Crippen LogP contribution in [0, 0.1) is 0 Å². The molecule has 178 valence electrons. The zero-order valence-electron chi connectivity index (χ0n) is 17.5. The second kappa shape index (κ2) is 9.59. The van der Waals surface area contributed by atoms with Crippen molar-refractivity contribution >= 4 is 49.7 Å². The van der Waals surface area contributed by atoms with Gasteiger partial charge in [-0.25, -0.2) is 0 Å². The average molecular weight is 514 g/mol. The molecule has 0 aliphatic heterocycles. The maximum Gasteiger partial charge on any atom is 0.295 e. The van der Waals surface area contributed by atoms with E-state index in [-0.39, 0.29) is 33.3 Å². The smallest absolute Gasteiger partial charge is 0.282 e. The molecule has 2 aromatic carbocycles. The van der Waals surface area contributed by atoms with Crippen molar-refractivity contribution in [3.05, 3.63) is 78.1 Å². The summed E-state index contributed by atoms with van der Waals surface area (Å²) in [6.45, 7) is 0. The second-order valence-electron chi connectivity index (χ2n) is 6.84. The molecule has 0 amide bonds. The van der Waals surface area contributed by atoms with Crippen molar-refractivity contribution in [3.8, 4) is 0 Å². The molecule has 0 bridgehead atoms. The predicted molar refractivity (Wildman–Crippen MR) is 123 cm³/mol. The third kappa shape index (κ3) is 5.49. The third-order valence-electron chi connectivity index (χ3n) is 4.61. The van der Waals surface area contributed by atoms with E-state index < -0.39 is 25.1 Å². The molecule has 0 spiro atoms. The summed E-state index contributed by atoms with van der Waals surface area (Å²) in [5, 5.41) is 22.3. The molecule has 0 fully saturated rings. The third-order valence-corrected chi connectivity index (χ3v) is 6.45. The topological polar surface area (TPSA) is 189 Å². The van der Waals surface area contributed by atoms with Crippen LogP contribution in [-0.2, 0) is 20.2 Å². The molecule has 0 unspecified atom stereocenters. The predicted octanol–water partition coefficient (Wildman–Crippen LogP) is 2.19. The van der Waals surface area contributed by atoms with Gasteiger partial charge in [0.05, 0.1) is 18.1 Å². The van der Waals surface area contributed by atoms with E-state index in [2.05, 4.69) is 30.8 Å². The fourth-order valence-electron chi connectivity index (χ4n) is 3.15. The van der Waals surface area contributed by atoms with E-state index in [0.717, 1.165) is 0 Å². The highest BCUT2D eigenvalue weighted by Crippen LogP contribution is 2.33. The van der Waals surface area contributed by atoms with Crippen molar-refractivity contribution in [2.24, 2.45) is 0 Å². The molecule has 35 heavy (non-hydrogen) atoms. The molecule has 0 atom stereocenters. The molecule has 2 heterocycles. The number of aromatic nitrogens is 6. The molecule has 15 heteroatoms. The van der Waals surface area contributed by atoms with Gasteiger partial charge >= 0.3 is 0 Å². The largest absolute Gasteiger partial charge is 0.295 e. The zero-order valence-corrected chi connectivity index (χ0v) is 19.1. The van der Waals surface area contributed by atoms with Gasteiger partial charge in [0.2, 0.25) is 0 Å². The van der Waals surface area contributed by atoms with Gasteiger partial charge in [0.15, 0.2) is 11.6 Å². The minimum absolute atomic E-state index is 0.0444. The van der Waals surface area contributed by atoms with Crippen LogP contribution in [0.25, 0.3) is 12.2 Å². The summed E-state index contributed by atoms with van der Waals surface area (Å²) in [6, 6.07) is 12.7. The molecular formula is C20H15N7O6S2. The molecule has 0 radical (unpaired) electrons. The van der Waals surface area contributed by atoms with Crippen molar-refractivity contribution in [1.82, 2.24) is 30.8 Å². The first-order valence-electron chi connectivity index (χ1n) is 9.59. The van der Waals surface area contributed by atoms with Crippen molar-refractivity contribution in [2.75, 3.05) is 4.90 Å². The van der Waals surface area contributed by atoms with E-state index in [1.165, 1.54) is 78.0 Å². The Labute approximate surface area is 199 Å². The minimum atomic E-state index is -4.74. The van der Waals surface area contributed by atoms with Crippen LogP contribution in [0.15, 0.2) is 76.8 Å². The molecule has 2 aromatic heterocycles. The second-order valence-corrected chi connectivity index (χ2v) is 9.62. The monoisotopic (exact) mass is 513 g/mol. The highest BCUT2D eigenvalue weighted by atomic mass is 32.2. The molecule has 4 aromatic rings. The SMILES string of the molecule is O=S(=O)(O)c1ccccc1C=Cc1ccc(N(c2ccnnn2)c2ccnnn2)cc1S(=O)(=O)O. The fourth-order valence-corrected chi connectivity index (χ4v) is 4.53. The van der Waals surface area contributed by atoms with Crippen LogP contribution in [0.5, 0.6) is 0 Å². The van der Waals surface area contributed by atoms with E-state index >= 15 is 0 Å². The first-order valence-corrected chi connectivity index (χ1v) is 12.5. The quantitative estimate of drug-likeness (QED) is 0.270. The van der Waals surface area contributed by atoms with Gasteiger partial charge in [-0.3, -0.25) is 14.0 Å². The molecule has 4 rings (SSSR count). The highest BCUT2D eigenvalue weighted by Gasteiger charge is 2.21. The standard InChI is InChI=1S/C20H15N7O6S2/c28-34(29,30)17-4-2-1-3-14(17)5-6-15-7-8-16(13-18(15)35(31,32)33)27(19-9-11-21-25-23-19)20-10-12-22-26-24-20/h1-13H,(H,28,29,30)(H,31,32,33). The van der Waals surface area contributed by atoms with Crippen LogP contribution < -0.4 is 4.90 Å². The summed E-state index contributed by atoms with van der Waals surface area (Å²) in [5.74, 6) is 0.458. The maximum atomic E-state index is 12.2. The number of hydrogen-bond acceptors (Lipinski definition) is 11. The first-order chi connectivity index (χ1) is 16.6. The van der Waals surface area contributed by atoms with Crippen molar-refractivity contribution in [1.29, 1.82) is 0 Å². The fraction of sp³-hybridized carbons (Fsp3) is 0. The Balaban J connectivity index is 1.84. The van der Waals surface area contributed by atoms with Crippen LogP contribution in [0.1, 0.15) is 11.1 Å². The minimum Gasteiger partial charge on any atom is -0.282 e. The molecular weight excluding hydrogens is 498 g/mol. The Morgan fingerprint density at radius 3 is 1.74 bits per heavy atom. The van der Waals surface area contributed by atoms with E-state index in [1.54, 1.807) is 6.07 Å². The summed E-state index contributed by atoms with van der Waals surface area (Å²) in [5.41, 5.74) is 0.387. The van der Waals surface area contributed by atoms with Crippen LogP contribution in [0.4, 0.5) is 17.3 Å². The first kappa shape index (κ1) is 24.0. The summed E-state index contributed by atoms with van der Waals surface area (Å²) in [7, 11) is -9.26. The highest BCUT2D eigenvalue weighted by molar-refractivity contribution is 7.86. The van der Waals surface area contributed by atoms with E-state index in [4.69, 9.17) is 0 Å². The van der Waals surface area contributed by atoms with Crippen molar-refractivity contribution < 1.29 is 25.9 Å². The van der Waals surface area contributed by atoms with Crippen LogP contribution in [-0.4, -0.2) is 56.8 Å². The van der Waals surface area contributed by atoms with Gasteiger partial charge < -0.3 is 0 Å². The number of nitrogens with zero attached hydrogens (tertiary/aromatic N) is 7. The summed E-state index contributed by atoms with van der Waals surface area (Å²) < 4.78 is 67.1. The molecule has 0 aliphatic carbocycles. The Morgan fingerprint density at radius 1 is 0.686 bits per heavy atom. The van der Waals surface area contributed by atoms with Gasteiger partial charge in [-0.15, -0.1) is 20.4 Å². The van der Waals surface area contributed by atoms with Gasteiger partial charge in [0.25, 0.3) is 20.2 Å². The zero-order chi connectivity index (χ0) is 25.1. The summed E-state index contributed by atoms with van der Waals surface area (Å²) in [4.78, 5) is 0.573. The van der Waals surface area contributed by atoms with Gasteiger partial charge in [0.1, 0.15) is 9.79 Å². The van der Waals surface area contributed by atoms with Crippen LogP contribution in [0.3, 0.4) is 0 Å². The van der Waals surface area contributed by atoms with Gasteiger partial charge in [-0.1, -0.05) is 36.4 Å². The lowest BCUT2D eigenvalue weighted by molar-refractivity contribution is 0.480. The summed E-state index contributed by atoms with van der Waals surface area (Å²) in [6.07, 6.45) is 5.34. The van der Waals surface area contributed by atoms with E-state index in [1.807, 2.05) is 0 Å². The van der Waals surface area contributed by atoms with Crippen molar-refractivity contribution in [3.63, 3.8) is 0 Å². The van der Waals surface area contributed by atoms with Gasteiger partial charge in [-0.2, -0.15) is 16.8 Å². The molecule has 2 N–H and O–H groups in total. The number of anilines is 3. The normalized spacial score (nSPS) is 12.1.